The number of hydrogen-bond donors (Lipinski definition) is 1. The summed E-state index contributed by atoms with van der Waals surface area (Å²) in [5.74, 6) is 1.08. The third-order valence-electron chi connectivity index (χ3n) is 3.07. The van der Waals surface area contributed by atoms with Crippen LogP contribution in [-0.4, -0.2) is 18.2 Å². The van der Waals surface area contributed by atoms with E-state index >= 15 is 0 Å². The minimum Gasteiger partial charge on any atom is -0.490 e. The van der Waals surface area contributed by atoms with Crippen LogP contribution in [0, 0.1) is 0 Å². The van der Waals surface area contributed by atoms with E-state index in [9.17, 15) is 0 Å². The lowest BCUT2D eigenvalue weighted by Crippen LogP contribution is -2.36. The summed E-state index contributed by atoms with van der Waals surface area (Å²) >= 11 is 0. The molecule has 1 N–H and O–H groups in total. The Bertz CT molecular complexity index is 342. The Balaban J connectivity index is 1.70. The fourth-order valence-corrected chi connectivity index (χ4v) is 2.21. The van der Waals surface area contributed by atoms with Crippen LogP contribution in [0.1, 0.15) is 39.2 Å². The molecular weight excluding hydrogens is 210 g/mol. The predicted molar refractivity (Wildman–Crippen MR) is 71.6 cm³/mol. The molecule has 2 nitrogen and oxygen atoms in total. The summed E-state index contributed by atoms with van der Waals surface area (Å²) in [4.78, 5) is 0. The Morgan fingerprint density at radius 2 is 2.06 bits per heavy atom. The lowest BCUT2D eigenvalue weighted by molar-refractivity contribution is 0.215. The summed E-state index contributed by atoms with van der Waals surface area (Å²) < 4.78 is 5.91. The van der Waals surface area contributed by atoms with Crippen LogP contribution in [0.15, 0.2) is 24.3 Å². The van der Waals surface area contributed by atoms with Crippen molar-refractivity contribution in [2.75, 3.05) is 6.54 Å². The van der Waals surface area contributed by atoms with Crippen molar-refractivity contribution in [2.24, 2.45) is 0 Å². The highest BCUT2D eigenvalue weighted by Gasteiger charge is 2.21. The van der Waals surface area contributed by atoms with E-state index in [1.165, 1.54) is 12.0 Å². The molecule has 0 aliphatic carbocycles. The first-order valence-electron chi connectivity index (χ1n) is 6.54. The van der Waals surface area contributed by atoms with Gasteiger partial charge in [0.1, 0.15) is 11.9 Å². The minimum absolute atomic E-state index is 0.222. The quantitative estimate of drug-likeness (QED) is 0.807. The molecule has 17 heavy (non-hydrogen) atoms. The van der Waals surface area contributed by atoms with Crippen LogP contribution >= 0.6 is 0 Å². The average molecular weight is 233 g/mol. The maximum absolute atomic E-state index is 5.91. The first kappa shape index (κ1) is 12.4. The summed E-state index contributed by atoms with van der Waals surface area (Å²) in [6.07, 6.45) is 3.77. The van der Waals surface area contributed by atoms with Gasteiger partial charge in [0.05, 0.1) is 0 Å². The zero-order valence-corrected chi connectivity index (χ0v) is 11.1. The number of ether oxygens (including phenoxy) is 1. The molecule has 2 rings (SSSR count). The van der Waals surface area contributed by atoms with Gasteiger partial charge in [-0.2, -0.15) is 0 Å². The van der Waals surface area contributed by atoms with Crippen molar-refractivity contribution in [3.63, 3.8) is 0 Å². The van der Waals surface area contributed by atoms with Gasteiger partial charge >= 0.3 is 0 Å². The smallest absolute Gasteiger partial charge is 0.123 e. The van der Waals surface area contributed by atoms with Gasteiger partial charge < -0.3 is 10.1 Å². The molecule has 1 atom stereocenters. The zero-order chi connectivity index (χ0) is 12.3. The molecule has 0 radical (unpaired) electrons. The van der Waals surface area contributed by atoms with Gasteiger partial charge in [-0.3, -0.25) is 0 Å². The molecule has 1 aliphatic heterocycles. The summed E-state index contributed by atoms with van der Waals surface area (Å²) in [5.41, 5.74) is 1.58. The van der Waals surface area contributed by atoms with E-state index < -0.39 is 0 Å². The average Bonchev–Trinajstić information content (AvgIpc) is 2.65. The van der Waals surface area contributed by atoms with E-state index in [0.29, 0.717) is 6.10 Å². The van der Waals surface area contributed by atoms with Gasteiger partial charge in [0, 0.05) is 12.0 Å². The summed E-state index contributed by atoms with van der Waals surface area (Å²) in [5, 5.41) is 3.51. The molecule has 1 heterocycles. The molecule has 1 aromatic carbocycles. The van der Waals surface area contributed by atoms with Crippen molar-refractivity contribution >= 4 is 0 Å². The van der Waals surface area contributed by atoms with E-state index in [4.69, 9.17) is 4.74 Å². The fraction of sp³-hybridized carbons (Fsp3) is 0.600. The number of rotatable bonds is 4. The van der Waals surface area contributed by atoms with Gasteiger partial charge in [0.15, 0.2) is 0 Å². The van der Waals surface area contributed by atoms with Gasteiger partial charge in [-0.15, -0.1) is 0 Å². The lowest BCUT2D eigenvalue weighted by atomic mass is 10.1. The molecule has 0 saturated heterocycles. The van der Waals surface area contributed by atoms with Crippen LogP contribution in [0.2, 0.25) is 0 Å². The maximum atomic E-state index is 5.91. The lowest BCUT2D eigenvalue weighted by Gasteiger charge is -2.21. The van der Waals surface area contributed by atoms with Gasteiger partial charge in [-0.05, 0) is 51.8 Å². The van der Waals surface area contributed by atoms with Crippen LogP contribution in [0.3, 0.4) is 0 Å². The van der Waals surface area contributed by atoms with Crippen molar-refractivity contribution in [3.05, 3.63) is 29.8 Å². The second kappa shape index (κ2) is 5.09. The van der Waals surface area contributed by atoms with Gasteiger partial charge in [0.2, 0.25) is 0 Å². The van der Waals surface area contributed by atoms with Crippen molar-refractivity contribution < 1.29 is 4.74 Å². The second-order valence-corrected chi connectivity index (χ2v) is 5.87. The summed E-state index contributed by atoms with van der Waals surface area (Å²) in [6.45, 7) is 7.68. The number of benzene rings is 1. The highest BCUT2D eigenvalue weighted by Crippen LogP contribution is 2.29. The molecule has 2 heteroatoms. The molecule has 0 bridgehead atoms. The van der Waals surface area contributed by atoms with Crippen LogP contribution in [-0.2, 0) is 6.42 Å². The van der Waals surface area contributed by atoms with Crippen LogP contribution in [0.4, 0.5) is 0 Å². The molecule has 0 aromatic heterocycles. The van der Waals surface area contributed by atoms with Crippen LogP contribution < -0.4 is 10.1 Å². The largest absolute Gasteiger partial charge is 0.490 e. The highest BCUT2D eigenvalue weighted by atomic mass is 16.5. The first-order chi connectivity index (χ1) is 8.04. The summed E-state index contributed by atoms with van der Waals surface area (Å²) in [6, 6.07) is 8.37. The molecule has 94 valence electrons. The monoisotopic (exact) mass is 233 g/mol. The van der Waals surface area contributed by atoms with Gasteiger partial charge in [-0.1, -0.05) is 18.2 Å². The number of nitrogens with one attached hydrogen (secondary N) is 1. The number of hydrogen-bond acceptors (Lipinski definition) is 2. The number of fused-ring (bicyclic) bond motifs is 1. The van der Waals surface area contributed by atoms with Crippen molar-refractivity contribution in [3.8, 4) is 5.75 Å². The minimum atomic E-state index is 0.222. The third-order valence-corrected chi connectivity index (χ3v) is 3.07. The van der Waals surface area contributed by atoms with Gasteiger partial charge in [0.25, 0.3) is 0 Å². The van der Waals surface area contributed by atoms with Crippen molar-refractivity contribution in [2.45, 2.75) is 51.7 Å². The normalized spacial score (nSPS) is 18.9. The fourth-order valence-electron chi connectivity index (χ4n) is 2.21. The number of para-hydroxylation sites is 1. The van der Waals surface area contributed by atoms with Crippen molar-refractivity contribution in [1.82, 2.24) is 5.32 Å². The van der Waals surface area contributed by atoms with E-state index in [1.807, 2.05) is 6.07 Å². The van der Waals surface area contributed by atoms with Crippen LogP contribution in [0.25, 0.3) is 0 Å². The Morgan fingerprint density at radius 3 is 2.76 bits per heavy atom. The molecule has 0 spiro atoms. The molecular formula is C15H23NO. The highest BCUT2D eigenvalue weighted by molar-refractivity contribution is 5.37. The second-order valence-electron chi connectivity index (χ2n) is 5.87. The topological polar surface area (TPSA) is 21.3 Å². The zero-order valence-electron chi connectivity index (χ0n) is 11.1. The van der Waals surface area contributed by atoms with E-state index in [2.05, 4.69) is 44.3 Å². The molecule has 0 saturated carbocycles. The molecule has 1 aromatic rings. The van der Waals surface area contributed by atoms with Gasteiger partial charge in [-0.25, -0.2) is 0 Å². The molecule has 1 unspecified atom stereocenters. The Labute approximate surface area is 104 Å². The SMILES string of the molecule is CC(C)(C)NCCCC1Cc2ccccc2O1. The van der Waals surface area contributed by atoms with Crippen molar-refractivity contribution in [1.29, 1.82) is 0 Å². The van der Waals surface area contributed by atoms with Crippen LogP contribution in [0.5, 0.6) is 5.75 Å². The predicted octanol–water partition coefficient (Wildman–Crippen LogP) is 3.16. The first-order valence-corrected chi connectivity index (χ1v) is 6.54. The maximum Gasteiger partial charge on any atom is 0.123 e. The van der Waals surface area contributed by atoms with E-state index in [-0.39, 0.29) is 5.54 Å². The Hall–Kier alpha value is -1.02. The third kappa shape index (κ3) is 3.74. The Morgan fingerprint density at radius 1 is 1.29 bits per heavy atom. The standard InChI is InChI=1S/C15H23NO/c1-15(2,3)16-10-6-8-13-11-12-7-4-5-9-14(12)17-13/h4-5,7,9,13,16H,6,8,10-11H2,1-3H3. The Kier molecular flexibility index (Phi) is 3.72. The molecule has 0 fully saturated rings. The van der Waals surface area contributed by atoms with E-state index in [1.54, 1.807) is 0 Å². The summed E-state index contributed by atoms with van der Waals surface area (Å²) in [7, 11) is 0. The van der Waals surface area contributed by atoms with E-state index in [0.717, 1.165) is 25.1 Å². The molecule has 0 amide bonds. The molecule has 1 aliphatic rings.